The standard InChI is InChI=1S/C41H46F2N12O4/c1-49-36-27(5-2-7-31(36)55(41(49)59)32-12-13-34(56)47-40(32)58)6-3-15-50-19-21-51(22-20-50)24-26-8-10-28(11-9-26)54-25-30(35(48-54)37(42)43)45-39(57)29-23-44-53-18-14-33(46-38(29)53)52-16-4-17-52/h2,5,7,14,18,23,25-26,28,32,37H,4,8-13,15-17,19-22,24H2,1H3,(H,45,57)(H,47,56,58)/t26-,28-,32?. The maximum absolute atomic E-state index is 14.2. The number of hydrogen-bond acceptors (Lipinski definition) is 10. The number of rotatable bonds is 9. The van der Waals surface area contributed by atoms with E-state index in [1.165, 1.54) is 26.0 Å². The van der Waals surface area contributed by atoms with E-state index in [9.17, 15) is 28.0 Å². The summed E-state index contributed by atoms with van der Waals surface area (Å²) in [6.07, 6.45) is 6.90. The molecular weight excluding hydrogens is 763 g/mol. The van der Waals surface area contributed by atoms with Gasteiger partial charge in [-0.25, -0.2) is 23.1 Å². The molecule has 7 heterocycles. The predicted octanol–water partition coefficient (Wildman–Crippen LogP) is 3.36. The van der Waals surface area contributed by atoms with E-state index in [1.807, 2.05) is 24.3 Å². The number of halogens is 2. The molecule has 1 atom stereocenters. The highest BCUT2D eigenvalue weighted by molar-refractivity contribution is 6.08. The molecule has 1 saturated carbocycles. The number of piperidine rings is 1. The molecule has 4 fully saturated rings. The molecular formula is C41H46F2N12O4. The van der Waals surface area contributed by atoms with Crippen LogP contribution in [0.2, 0.25) is 0 Å². The van der Waals surface area contributed by atoms with Crippen molar-refractivity contribution in [2.24, 2.45) is 13.0 Å². The zero-order valence-corrected chi connectivity index (χ0v) is 32.8. The molecule has 9 rings (SSSR count). The lowest BCUT2D eigenvalue weighted by Crippen LogP contribution is -2.48. The van der Waals surface area contributed by atoms with Crippen LogP contribution in [0.3, 0.4) is 0 Å². The van der Waals surface area contributed by atoms with Crippen LogP contribution in [0.1, 0.15) is 85.1 Å². The van der Waals surface area contributed by atoms with Crippen LogP contribution in [0.25, 0.3) is 16.7 Å². The van der Waals surface area contributed by atoms with E-state index in [0.717, 1.165) is 83.7 Å². The van der Waals surface area contributed by atoms with Crippen molar-refractivity contribution >= 4 is 45.9 Å². The van der Waals surface area contributed by atoms with Crippen LogP contribution in [0.4, 0.5) is 20.3 Å². The second-order valence-corrected chi connectivity index (χ2v) is 16.0. The van der Waals surface area contributed by atoms with Crippen LogP contribution in [-0.4, -0.2) is 113 Å². The first kappa shape index (κ1) is 38.6. The molecule has 308 valence electrons. The third-order valence-electron chi connectivity index (χ3n) is 12.3. The zero-order chi connectivity index (χ0) is 40.8. The molecule has 59 heavy (non-hydrogen) atoms. The molecule has 16 nitrogen and oxygen atoms in total. The minimum absolute atomic E-state index is 0.000490. The number of alkyl halides is 2. The highest BCUT2D eigenvalue weighted by atomic mass is 19.3. The molecule has 0 bridgehead atoms. The van der Waals surface area contributed by atoms with Gasteiger partial charge in [0.1, 0.15) is 17.4 Å². The summed E-state index contributed by atoms with van der Waals surface area (Å²) >= 11 is 0. The molecule has 5 aromatic rings. The lowest BCUT2D eigenvalue weighted by molar-refractivity contribution is -0.135. The van der Waals surface area contributed by atoms with Gasteiger partial charge in [0.25, 0.3) is 12.3 Å². The number of amides is 3. The van der Waals surface area contributed by atoms with Crippen molar-refractivity contribution in [3.63, 3.8) is 0 Å². The molecule has 0 spiro atoms. The van der Waals surface area contributed by atoms with Crippen molar-refractivity contribution in [2.45, 2.75) is 63.5 Å². The summed E-state index contributed by atoms with van der Waals surface area (Å²) in [6.45, 7) is 6.94. The number of carbonyl (C=O) groups is 3. The van der Waals surface area contributed by atoms with Crippen molar-refractivity contribution in [3.05, 3.63) is 70.2 Å². The highest BCUT2D eigenvalue weighted by Gasteiger charge is 2.32. The average molecular weight is 809 g/mol. The van der Waals surface area contributed by atoms with Crippen molar-refractivity contribution in [2.75, 3.05) is 62.6 Å². The summed E-state index contributed by atoms with van der Waals surface area (Å²) in [4.78, 5) is 62.5. The van der Waals surface area contributed by atoms with E-state index in [0.29, 0.717) is 34.7 Å². The number of para-hydroxylation sites is 1. The number of benzene rings is 1. The predicted molar refractivity (Wildman–Crippen MR) is 214 cm³/mol. The molecule has 2 N–H and O–H groups in total. The minimum Gasteiger partial charge on any atom is -0.356 e. The van der Waals surface area contributed by atoms with Crippen LogP contribution < -0.4 is 21.2 Å². The van der Waals surface area contributed by atoms with E-state index < -0.39 is 30.0 Å². The number of fused-ring (bicyclic) bond motifs is 2. The lowest BCUT2D eigenvalue weighted by atomic mass is 9.85. The van der Waals surface area contributed by atoms with Crippen LogP contribution in [0.15, 0.2) is 47.7 Å². The number of hydrogen-bond donors (Lipinski definition) is 2. The zero-order valence-electron chi connectivity index (χ0n) is 32.8. The molecule has 0 radical (unpaired) electrons. The molecule has 1 aromatic carbocycles. The van der Waals surface area contributed by atoms with Gasteiger partial charge < -0.3 is 15.1 Å². The molecule has 4 aliphatic rings. The van der Waals surface area contributed by atoms with Crippen molar-refractivity contribution in [3.8, 4) is 11.8 Å². The first-order valence-corrected chi connectivity index (χ1v) is 20.4. The normalized spacial score (nSPS) is 21.8. The first-order valence-electron chi connectivity index (χ1n) is 20.4. The van der Waals surface area contributed by atoms with E-state index in [2.05, 4.69) is 52.4 Å². The Morgan fingerprint density at radius 2 is 1.78 bits per heavy atom. The van der Waals surface area contributed by atoms with Crippen LogP contribution >= 0.6 is 0 Å². The Kier molecular flexibility index (Phi) is 10.5. The van der Waals surface area contributed by atoms with E-state index >= 15 is 0 Å². The number of imide groups is 1. The van der Waals surface area contributed by atoms with Gasteiger partial charge in [-0.15, -0.1) is 0 Å². The Bertz CT molecular complexity index is 2540. The fourth-order valence-electron chi connectivity index (χ4n) is 8.88. The Labute approximate surface area is 338 Å². The van der Waals surface area contributed by atoms with Crippen molar-refractivity contribution in [1.29, 1.82) is 0 Å². The van der Waals surface area contributed by atoms with Gasteiger partial charge in [-0.2, -0.15) is 10.2 Å². The molecule has 1 unspecified atom stereocenters. The Morgan fingerprint density at radius 3 is 2.51 bits per heavy atom. The number of anilines is 2. The fraction of sp³-hybridized carbons (Fsp3) is 0.488. The maximum Gasteiger partial charge on any atom is 0.329 e. The van der Waals surface area contributed by atoms with Gasteiger partial charge in [-0.05, 0) is 62.6 Å². The number of nitrogens with zero attached hydrogens (tertiary/aromatic N) is 10. The molecule has 4 aromatic heterocycles. The topological polar surface area (TPSA) is 160 Å². The van der Waals surface area contributed by atoms with Gasteiger partial charge in [0, 0.05) is 71.7 Å². The number of aromatic nitrogens is 7. The number of imidazole rings is 1. The average Bonchev–Trinajstić information content (AvgIpc) is 3.90. The molecule has 3 saturated heterocycles. The van der Waals surface area contributed by atoms with E-state index in [4.69, 9.17) is 0 Å². The minimum atomic E-state index is -2.85. The number of aryl methyl sites for hydroxylation is 1. The van der Waals surface area contributed by atoms with E-state index in [1.54, 1.807) is 17.9 Å². The van der Waals surface area contributed by atoms with Gasteiger partial charge in [0.15, 0.2) is 11.3 Å². The smallest absolute Gasteiger partial charge is 0.329 e. The van der Waals surface area contributed by atoms with Crippen molar-refractivity contribution < 1.29 is 23.2 Å². The summed E-state index contributed by atoms with van der Waals surface area (Å²) in [5.41, 5.74) is 1.80. The summed E-state index contributed by atoms with van der Waals surface area (Å²) < 4.78 is 34.5. The SMILES string of the molecule is Cn1c(=O)n(C2CCC(=O)NC2=O)c2cccc(C#CCN3CCN(C[C@H]4CC[C@H](n5cc(NC(=O)c6cnn7ccc(N8CCC8)nc67)c(C(F)F)n5)CC4)CC3)c21. The lowest BCUT2D eigenvalue weighted by Gasteiger charge is -2.37. The van der Waals surface area contributed by atoms with Crippen LogP contribution in [0.5, 0.6) is 0 Å². The maximum atomic E-state index is 14.2. The van der Waals surface area contributed by atoms with Gasteiger partial charge >= 0.3 is 5.69 Å². The molecule has 1 aliphatic carbocycles. The van der Waals surface area contributed by atoms with E-state index in [-0.39, 0.29) is 41.7 Å². The largest absolute Gasteiger partial charge is 0.356 e. The summed E-state index contributed by atoms with van der Waals surface area (Å²) in [6, 6.07) is 6.58. The summed E-state index contributed by atoms with van der Waals surface area (Å²) in [7, 11) is 1.68. The quantitative estimate of drug-likeness (QED) is 0.167. The third kappa shape index (κ3) is 7.60. The summed E-state index contributed by atoms with van der Waals surface area (Å²) in [5, 5.41) is 13.5. The Balaban J connectivity index is 0.768. The molecule has 18 heteroatoms. The van der Waals surface area contributed by atoms with Gasteiger partial charge in [0.2, 0.25) is 11.8 Å². The number of nitrogens with one attached hydrogen (secondary N) is 2. The molecule has 3 amide bonds. The molecule has 3 aliphatic heterocycles. The highest BCUT2D eigenvalue weighted by Crippen LogP contribution is 2.36. The number of carbonyl (C=O) groups excluding carboxylic acids is 3. The second kappa shape index (κ2) is 16.0. The van der Waals surface area contributed by atoms with Gasteiger partial charge in [-0.3, -0.25) is 38.4 Å². The second-order valence-electron chi connectivity index (χ2n) is 16.0. The van der Waals surface area contributed by atoms with Crippen LogP contribution in [-0.2, 0) is 16.6 Å². The van der Waals surface area contributed by atoms with Gasteiger partial charge in [-0.1, -0.05) is 17.9 Å². The number of piperazine rings is 1. The van der Waals surface area contributed by atoms with Crippen LogP contribution in [0, 0.1) is 17.8 Å². The van der Waals surface area contributed by atoms with Crippen molar-refractivity contribution in [1.82, 2.24) is 48.6 Å². The Hall–Kier alpha value is -5.93. The fourth-order valence-corrected chi connectivity index (χ4v) is 8.88. The Morgan fingerprint density at radius 1 is 1.00 bits per heavy atom. The summed E-state index contributed by atoms with van der Waals surface area (Å²) in [5.74, 6) is 6.45. The monoisotopic (exact) mass is 808 g/mol. The first-order chi connectivity index (χ1) is 28.6. The third-order valence-corrected chi connectivity index (χ3v) is 12.3. The van der Waals surface area contributed by atoms with Gasteiger partial charge in [0.05, 0.1) is 41.1 Å².